The van der Waals surface area contributed by atoms with Gasteiger partial charge in [0, 0.05) is 23.3 Å². The van der Waals surface area contributed by atoms with E-state index in [1.54, 1.807) is 36.5 Å². The number of carbonyl (C=O) groups excluding carboxylic acids is 1. The maximum atomic E-state index is 12.7. The van der Waals surface area contributed by atoms with E-state index in [0.29, 0.717) is 56.3 Å². The molecule has 14 nitrogen and oxygen atoms in total. The van der Waals surface area contributed by atoms with Crippen molar-refractivity contribution in [3.8, 4) is 11.8 Å². The maximum Gasteiger partial charge on any atom is 0.369 e. The van der Waals surface area contributed by atoms with Crippen molar-refractivity contribution in [2.45, 2.75) is 13.0 Å². The molecule has 0 saturated heterocycles. The van der Waals surface area contributed by atoms with Crippen LogP contribution < -0.4 is 15.4 Å². The fraction of sp³-hybridized carbons (Fsp3) is 0.194. The molecule has 232 valence electrons. The summed E-state index contributed by atoms with van der Waals surface area (Å²) in [6.07, 6.45) is 7.83. The van der Waals surface area contributed by atoms with Crippen LogP contribution in [0.5, 0.6) is 5.75 Å². The number of hydrogen-bond donors (Lipinski definition) is 2. The Morgan fingerprint density at radius 2 is 2.04 bits per heavy atom. The molecule has 3 aromatic heterocycles. The molecular formula is C31H28ClN10O4+. The molecule has 0 unspecified atom stereocenters. The number of nitrogens with zero attached hydrogens (tertiary/aromatic N) is 8. The predicted octanol–water partition coefficient (Wildman–Crippen LogP) is 4.82. The molecule has 46 heavy (non-hydrogen) atoms. The van der Waals surface area contributed by atoms with Crippen LogP contribution in [0, 0.1) is 21.4 Å². The van der Waals surface area contributed by atoms with Crippen LogP contribution in [0.2, 0.25) is 5.02 Å². The van der Waals surface area contributed by atoms with Gasteiger partial charge in [0.2, 0.25) is 11.6 Å². The smallest absolute Gasteiger partial charge is 0.369 e. The summed E-state index contributed by atoms with van der Waals surface area (Å²) < 4.78 is 6.12. The van der Waals surface area contributed by atoms with Gasteiger partial charge in [0.1, 0.15) is 42.9 Å². The Morgan fingerprint density at radius 3 is 2.78 bits per heavy atom. The quantitative estimate of drug-likeness (QED) is 0.0943. The van der Waals surface area contributed by atoms with Crippen LogP contribution in [-0.2, 0) is 11.4 Å². The summed E-state index contributed by atoms with van der Waals surface area (Å²) in [5.74, 6) is 0.587. The molecule has 15 heteroatoms. The maximum absolute atomic E-state index is 12.7. The van der Waals surface area contributed by atoms with Crippen molar-refractivity contribution in [1.29, 1.82) is 5.26 Å². The van der Waals surface area contributed by atoms with Gasteiger partial charge in [-0.2, -0.15) is 5.26 Å². The van der Waals surface area contributed by atoms with Crippen LogP contribution in [0.25, 0.3) is 10.9 Å². The molecule has 0 radical (unpaired) electrons. The van der Waals surface area contributed by atoms with Gasteiger partial charge in [-0.15, -0.1) is 0 Å². The van der Waals surface area contributed by atoms with Crippen LogP contribution >= 0.6 is 11.6 Å². The zero-order chi connectivity index (χ0) is 32.7. The number of likely N-dealkylation sites (N-methyl/N-ethyl adjacent to an activating group) is 1. The number of amides is 1. The normalized spacial score (nSPS) is 13.0. The SMILES string of the molecule is C[N+](C)(C/C=C/C(=O)Nc1cc2c(Nc3ccc(OCc4ccccn4)c(Cl)c3)ncnc2cn1)CC1=C([N+](=O)[O-])N=C(C#N)C1. The second-order valence-corrected chi connectivity index (χ2v) is 11.3. The lowest BCUT2D eigenvalue weighted by atomic mass is 10.1. The van der Waals surface area contributed by atoms with E-state index in [4.69, 9.17) is 21.6 Å². The second kappa shape index (κ2) is 13.9. The molecular weight excluding hydrogens is 612 g/mol. The molecule has 5 rings (SSSR count). The molecule has 0 saturated carbocycles. The van der Waals surface area contributed by atoms with Gasteiger partial charge in [-0.3, -0.25) is 9.78 Å². The van der Waals surface area contributed by atoms with Crippen LogP contribution in [0.4, 0.5) is 17.3 Å². The number of nitriles is 1. The van der Waals surface area contributed by atoms with Crippen molar-refractivity contribution in [3.63, 3.8) is 0 Å². The fourth-order valence-corrected chi connectivity index (χ4v) is 4.91. The lowest BCUT2D eigenvalue weighted by molar-refractivity contribution is -0.880. The number of hydrogen-bond acceptors (Lipinski definition) is 11. The van der Waals surface area contributed by atoms with Crippen LogP contribution in [0.3, 0.4) is 0 Å². The number of anilines is 3. The summed E-state index contributed by atoms with van der Waals surface area (Å²) in [5, 5.41) is 27.4. The molecule has 0 spiro atoms. The Labute approximate surface area is 268 Å². The molecule has 0 aliphatic carbocycles. The summed E-state index contributed by atoms with van der Waals surface area (Å²) in [5.41, 5.74) is 2.59. The van der Waals surface area contributed by atoms with Crippen molar-refractivity contribution in [3.05, 3.63) is 106 Å². The van der Waals surface area contributed by atoms with Gasteiger partial charge in [0.15, 0.2) is 0 Å². The summed E-state index contributed by atoms with van der Waals surface area (Å²) in [7, 11) is 3.74. The average Bonchev–Trinajstić information content (AvgIpc) is 3.44. The summed E-state index contributed by atoms with van der Waals surface area (Å²) >= 11 is 6.48. The third-order valence-electron chi connectivity index (χ3n) is 6.80. The number of benzene rings is 1. The van der Waals surface area contributed by atoms with E-state index in [1.165, 1.54) is 18.6 Å². The Balaban J connectivity index is 1.21. The minimum Gasteiger partial charge on any atom is -0.486 e. The van der Waals surface area contributed by atoms with Gasteiger partial charge < -0.3 is 30.0 Å². The number of quaternary nitrogens is 1. The van der Waals surface area contributed by atoms with Crippen molar-refractivity contribution in [2.24, 2.45) is 4.99 Å². The lowest BCUT2D eigenvalue weighted by Crippen LogP contribution is -2.41. The molecule has 0 atom stereocenters. The number of carbonyl (C=O) groups is 1. The van der Waals surface area contributed by atoms with Crippen molar-refractivity contribution in [2.75, 3.05) is 37.8 Å². The minimum atomic E-state index is -0.572. The molecule has 2 N–H and O–H groups in total. The van der Waals surface area contributed by atoms with Crippen molar-refractivity contribution in [1.82, 2.24) is 19.9 Å². The van der Waals surface area contributed by atoms with Gasteiger partial charge in [-0.25, -0.2) is 15.0 Å². The molecule has 1 amide bonds. The van der Waals surface area contributed by atoms with E-state index in [-0.39, 0.29) is 30.4 Å². The first kappa shape index (κ1) is 31.6. The number of halogens is 1. The Kier molecular flexibility index (Phi) is 9.55. The van der Waals surface area contributed by atoms with Gasteiger partial charge in [0.05, 0.1) is 55.1 Å². The average molecular weight is 640 g/mol. The molecule has 1 aliphatic rings. The first-order chi connectivity index (χ1) is 22.1. The number of nitro groups is 1. The number of nitrogens with one attached hydrogen (secondary N) is 2. The summed E-state index contributed by atoms with van der Waals surface area (Å²) in [6.45, 7) is 0.970. The van der Waals surface area contributed by atoms with Gasteiger partial charge in [-0.1, -0.05) is 17.7 Å². The first-order valence-corrected chi connectivity index (χ1v) is 14.3. The van der Waals surface area contributed by atoms with Crippen molar-refractivity contribution >= 4 is 51.4 Å². The summed E-state index contributed by atoms with van der Waals surface area (Å²) in [6, 6.07) is 14.4. The van der Waals surface area contributed by atoms with E-state index >= 15 is 0 Å². The minimum absolute atomic E-state index is 0.118. The summed E-state index contributed by atoms with van der Waals surface area (Å²) in [4.78, 5) is 44.5. The highest BCUT2D eigenvalue weighted by atomic mass is 35.5. The number of aliphatic imine (C=N–C) groups is 1. The molecule has 4 heterocycles. The number of pyridine rings is 2. The standard InChI is InChI=1S/C31H27ClN10O4/c1-42(2,17-20-12-23(15-33)39-31(20)41(44)45)11-5-7-29(43)40-28-14-24-26(16-35-28)36-19-37-30(24)38-21-8-9-27(25(32)13-21)46-18-22-6-3-4-10-34-22/h3-10,13-14,16,19H,11-12,17-18H2,1-2H3,(H-,35,36,37,38,40,43)/p+1/b7-5+. The number of aromatic nitrogens is 4. The molecule has 0 fully saturated rings. The highest BCUT2D eigenvalue weighted by Crippen LogP contribution is 2.31. The molecule has 0 bridgehead atoms. The monoisotopic (exact) mass is 639 g/mol. The van der Waals surface area contributed by atoms with Crippen LogP contribution in [0.15, 0.2) is 89.7 Å². The predicted molar refractivity (Wildman–Crippen MR) is 172 cm³/mol. The Bertz CT molecular complexity index is 1940. The second-order valence-electron chi connectivity index (χ2n) is 10.9. The van der Waals surface area contributed by atoms with Crippen LogP contribution in [0.1, 0.15) is 12.1 Å². The fourth-order valence-electron chi connectivity index (χ4n) is 4.68. The van der Waals surface area contributed by atoms with E-state index in [9.17, 15) is 14.9 Å². The highest BCUT2D eigenvalue weighted by molar-refractivity contribution is 6.32. The number of rotatable bonds is 12. The number of ether oxygens (including phenoxy) is 1. The van der Waals surface area contributed by atoms with E-state index in [0.717, 1.165) is 5.69 Å². The largest absolute Gasteiger partial charge is 0.486 e. The molecule has 4 aromatic rings. The van der Waals surface area contributed by atoms with E-state index in [1.807, 2.05) is 38.4 Å². The van der Waals surface area contributed by atoms with Gasteiger partial charge in [0.25, 0.3) is 0 Å². The van der Waals surface area contributed by atoms with E-state index < -0.39 is 10.8 Å². The third kappa shape index (κ3) is 8.03. The van der Waals surface area contributed by atoms with Crippen molar-refractivity contribution < 1.29 is 18.9 Å². The molecule has 1 aromatic carbocycles. The van der Waals surface area contributed by atoms with Gasteiger partial charge in [-0.05, 0) is 52.4 Å². The molecule has 1 aliphatic heterocycles. The Hall–Kier alpha value is -5.78. The topological polar surface area (TPSA) is 181 Å². The zero-order valence-corrected chi connectivity index (χ0v) is 25.6. The van der Waals surface area contributed by atoms with Gasteiger partial charge >= 0.3 is 5.82 Å². The highest BCUT2D eigenvalue weighted by Gasteiger charge is 2.33. The zero-order valence-electron chi connectivity index (χ0n) is 24.8. The third-order valence-corrected chi connectivity index (χ3v) is 7.09. The number of fused-ring (bicyclic) bond motifs is 1. The first-order valence-electron chi connectivity index (χ1n) is 13.9. The van der Waals surface area contributed by atoms with Crippen LogP contribution in [-0.4, -0.2) is 68.1 Å². The van der Waals surface area contributed by atoms with E-state index in [2.05, 4.69) is 35.6 Å². The lowest BCUT2D eigenvalue weighted by Gasteiger charge is -2.28. The Morgan fingerprint density at radius 1 is 1.20 bits per heavy atom.